The van der Waals surface area contributed by atoms with Crippen molar-refractivity contribution in [3.05, 3.63) is 67.0 Å². The van der Waals surface area contributed by atoms with Crippen LogP contribution < -0.4 is 5.43 Å². The highest BCUT2D eigenvalue weighted by molar-refractivity contribution is 6.36. The number of hydrogen-bond donors (Lipinski definition) is 4. The van der Waals surface area contributed by atoms with Crippen LogP contribution in [-0.4, -0.2) is 51.6 Å². The first kappa shape index (κ1) is 22.9. The predicted molar refractivity (Wildman–Crippen MR) is 122 cm³/mol. The number of nitrogens with zero attached hydrogens (tertiary/aromatic N) is 1. The van der Waals surface area contributed by atoms with E-state index < -0.39 is 29.3 Å². The summed E-state index contributed by atoms with van der Waals surface area (Å²) in [6.45, 7) is 2.56. The summed E-state index contributed by atoms with van der Waals surface area (Å²) in [5, 5.41) is 42.9. The maximum atomic E-state index is 13.5. The van der Waals surface area contributed by atoms with E-state index in [1.165, 1.54) is 6.92 Å². The number of likely N-dealkylation sites (tertiary alicyclic amines) is 1. The summed E-state index contributed by atoms with van der Waals surface area (Å²) in [6, 6.07) is 5.76. The molecule has 4 rings (SSSR count). The van der Waals surface area contributed by atoms with Crippen molar-refractivity contribution in [1.29, 1.82) is 0 Å². The first-order valence-corrected chi connectivity index (χ1v) is 10.9. The number of hydrogen-bond acceptors (Lipinski definition) is 7. The molecule has 32 heavy (non-hydrogen) atoms. The summed E-state index contributed by atoms with van der Waals surface area (Å²) in [5.74, 6) is -1.17. The lowest BCUT2D eigenvalue weighted by molar-refractivity contribution is 0.0630. The first-order valence-electron chi connectivity index (χ1n) is 10.1. The molecule has 2 aromatic carbocycles. The number of rotatable bonds is 3. The normalized spacial score (nSPS) is 20.6. The number of aliphatic hydroxyl groups excluding tert-OH is 2. The van der Waals surface area contributed by atoms with Gasteiger partial charge in [-0.3, -0.25) is 4.79 Å². The number of phenolic OH excluding ortho intramolecular Hbond substituents is 2. The lowest BCUT2D eigenvalue weighted by atomic mass is 9.85. The number of aromatic hydroxyl groups is 2. The fourth-order valence-corrected chi connectivity index (χ4v) is 5.10. The van der Waals surface area contributed by atoms with E-state index in [9.17, 15) is 25.2 Å². The van der Waals surface area contributed by atoms with Crippen LogP contribution in [0.2, 0.25) is 10.0 Å². The zero-order valence-corrected chi connectivity index (χ0v) is 19.0. The highest BCUT2D eigenvalue weighted by Gasteiger charge is 2.34. The molecule has 0 radical (unpaired) electrons. The third-order valence-corrected chi connectivity index (χ3v) is 6.74. The first-order chi connectivity index (χ1) is 15.1. The van der Waals surface area contributed by atoms with Crippen molar-refractivity contribution in [2.75, 3.05) is 20.1 Å². The fraction of sp³-hybridized carbons (Fsp3) is 0.348. The van der Waals surface area contributed by atoms with Crippen LogP contribution in [-0.2, 0) is 0 Å². The van der Waals surface area contributed by atoms with Crippen LogP contribution in [0, 0.1) is 6.92 Å². The Labute approximate surface area is 194 Å². The van der Waals surface area contributed by atoms with Crippen LogP contribution in [0.25, 0.3) is 11.0 Å². The molecule has 1 fully saturated rings. The van der Waals surface area contributed by atoms with Gasteiger partial charge in [0.15, 0.2) is 0 Å². The molecule has 1 aliphatic rings. The molecular weight excluding hydrogens is 457 g/mol. The molecule has 0 amide bonds. The smallest absolute Gasteiger partial charge is 0.202 e. The minimum atomic E-state index is -1.50. The third-order valence-electron chi connectivity index (χ3n) is 6.09. The van der Waals surface area contributed by atoms with E-state index in [1.807, 2.05) is 11.9 Å². The molecule has 4 N–H and O–H groups in total. The highest BCUT2D eigenvalue weighted by Crippen LogP contribution is 2.43. The summed E-state index contributed by atoms with van der Waals surface area (Å²) in [5.41, 5.74) is -0.401. The minimum Gasteiger partial charge on any atom is -0.507 e. The van der Waals surface area contributed by atoms with Gasteiger partial charge in [0.05, 0.1) is 11.7 Å². The average molecular weight is 480 g/mol. The Morgan fingerprint density at radius 2 is 1.81 bits per heavy atom. The van der Waals surface area contributed by atoms with Gasteiger partial charge in [0.1, 0.15) is 34.3 Å². The maximum absolute atomic E-state index is 13.5. The van der Waals surface area contributed by atoms with Gasteiger partial charge in [0.25, 0.3) is 0 Å². The van der Waals surface area contributed by atoms with Gasteiger partial charge in [0.2, 0.25) is 5.43 Å². The van der Waals surface area contributed by atoms with Gasteiger partial charge < -0.3 is 29.7 Å². The second-order valence-corrected chi connectivity index (χ2v) is 9.01. The van der Waals surface area contributed by atoms with Gasteiger partial charge in [-0.15, -0.1) is 0 Å². The molecule has 3 aromatic rings. The van der Waals surface area contributed by atoms with Crippen molar-refractivity contribution in [1.82, 2.24) is 4.90 Å². The number of likely N-dealkylation sites (N-methyl/N-ethyl adjacent to an activating group) is 1. The molecule has 0 spiro atoms. The van der Waals surface area contributed by atoms with Gasteiger partial charge in [-0.25, -0.2) is 0 Å². The number of halogens is 2. The number of fused-ring (bicyclic) bond motifs is 1. The van der Waals surface area contributed by atoms with Gasteiger partial charge in [0, 0.05) is 39.7 Å². The molecule has 0 bridgehead atoms. The lowest BCUT2D eigenvalue weighted by Crippen LogP contribution is -2.40. The van der Waals surface area contributed by atoms with E-state index in [-0.39, 0.29) is 49.2 Å². The molecule has 2 heterocycles. The van der Waals surface area contributed by atoms with Crippen molar-refractivity contribution in [3.63, 3.8) is 0 Å². The van der Waals surface area contributed by atoms with Crippen molar-refractivity contribution in [2.45, 2.75) is 31.5 Å². The van der Waals surface area contributed by atoms with E-state index in [0.717, 1.165) is 6.07 Å². The van der Waals surface area contributed by atoms with Crippen molar-refractivity contribution in [3.8, 4) is 11.5 Å². The summed E-state index contributed by atoms with van der Waals surface area (Å²) in [4.78, 5) is 15.4. The van der Waals surface area contributed by atoms with Gasteiger partial charge in [-0.2, -0.15) is 0 Å². The molecule has 0 aliphatic carbocycles. The van der Waals surface area contributed by atoms with Gasteiger partial charge >= 0.3 is 0 Å². The Balaban J connectivity index is 1.96. The van der Waals surface area contributed by atoms with Gasteiger partial charge in [-0.05, 0) is 39.1 Å². The van der Waals surface area contributed by atoms with Crippen LogP contribution in [0.1, 0.15) is 40.9 Å². The molecular formula is C23H23Cl2NO6. The quantitative estimate of drug-likeness (QED) is 0.452. The standard InChI is InChI=1S/C23H23Cl2NO6/c1-10-17(21(30)19-12(24)4-3-5-13(19)25)22(31)20-15(28)8-14(27)18(23(20)32-10)11-6-7-26(2)9-16(11)29/h3-5,8,11,16,21,27-30H,6-7,9H2,1-2H3. The highest BCUT2D eigenvalue weighted by atomic mass is 35.5. The van der Waals surface area contributed by atoms with Crippen molar-refractivity contribution < 1.29 is 24.8 Å². The molecule has 170 valence electrons. The topological polar surface area (TPSA) is 114 Å². The van der Waals surface area contributed by atoms with Gasteiger partial charge in [-0.1, -0.05) is 29.3 Å². The van der Waals surface area contributed by atoms with E-state index in [1.54, 1.807) is 18.2 Å². The monoisotopic (exact) mass is 479 g/mol. The zero-order chi connectivity index (χ0) is 23.3. The van der Waals surface area contributed by atoms with Crippen LogP contribution in [0.3, 0.4) is 0 Å². The molecule has 0 saturated carbocycles. The third kappa shape index (κ3) is 3.74. The fourth-order valence-electron chi connectivity index (χ4n) is 4.49. The predicted octanol–water partition coefficient (Wildman–Crippen LogP) is 3.68. The van der Waals surface area contributed by atoms with Crippen LogP contribution in [0.5, 0.6) is 11.5 Å². The van der Waals surface area contributed by atoms with E-state index in [2.05, 4.69) is 0 Å². The molecule has 3 atom stereocenters. The van der Waals surface area contributed by atoms with E-state index >= 15 is 0 Å². The summed E-state index contributed by atoms with van der Waals surface area (Å²) in [7, 11) is 1.88. The number of aryl methyl sites for hydroxylation is 1. The Morgan fingerprint density at radius 1 is 1.16 bits per heavy atom. The molecule has 9 heteroatoms. The van der Waals surface area contributed by atoms with E-state index in [0.29, 0.717) is 19.5 Å². The van der Waals surface area contributed by atoms with Crippen LogP contribution in [0.15, 0.2) is 33.5 Å². The summed E-state index contributed by atoms with van der Waals surface area (Å²) in [6.07, 6.45) is -1.78. The zero-order valence-electron chi connectivity index (χ0n) is 17.5. The maximum Gasteiger partial charge on any atom is 0.202 e. The number of benzene rings is 2. The second kappa shape index (κ2) is 8.57. The largest absolute Gasteiger partial charge is 0.507 e. The van der Waals surface area contributed by atoms with E-state index in [4.69, 9.17) is 27.6 Å². The number of β-amino-alcohol motifs (C(OH)–C–C–N with tert-alkyl or cyclic N) is 1. The molecule has 1 aromatic heterocycles. The number of piperidine rings is 1. The lowest BCUT2D eigenvalue weighted by Gasteiger charge is -2.34. The Bertz CT molecular complexity index is 1240. The Hall–Kier alpha value is -2.29. The Morgan fingerprint density at radius 3 is 2.44 bits per heavy atom. The molecule has 1 saturated heterocycles. The number of phenols is 2. The SMILES string of the molecule is Cc1oc2c(C3CCN(C)CC3O)c(O)cc(O)c2c(=O)c1C(O)c1c(Cl)cccc1Cl. The second-order valence-electron chi connectivity index (χ2n) is 8.20. The molecule has 7 nitrogen and oxygen atoms in total. The van der Waals surface area contributed by atoms with Crippen molar-refractivity contribution >= 4 is 34.2 Å². The van der Waals surface area contributed by atoms with Crippen LogP contribution in [0.4, 0.5) is 0 Å². The molecule has 3 unspecified atom stereocenters. The summed E-state index contributed by atoms with van der Waals surface area (Å²) < 4.78 is 5.93. The minimum absolute atomic E-state index is 0.0141. The number of aliphatic hydroxyl groups is 2. The van der Waals surface area contributed by atoms with Crippen molar-refractivity contribution in [2.24, 2.45) is 0 Å². The summed E-state index contributed by atoms with van der Waals surface area (Å²) >= 11 is 12.4. The molecule has 1 aliphatic heterocycles. The Kier molecular flexibility index (Phi) is 6.13. The van der Waals surface area contributed by atoms with Crippen LogP contribution >= 0.6 is 23.2 Å². The average Bonchev–Trinajstić information content (AvgIpc) is 2.68.